The van der Waals surface area contributed by atoms with Gasteiger partial charge in [-0.1, -0.05) is 13.3 Å². The molecule has 0 aromatic carbocycles. The Morgan fingerprint density at radius 1 is 1.22 bits per heavy atom. The van der Waals surface area contributed by atoms with E-state index in [1.807, 2.05) is 0 Å². The summed E-state index contributed by atoms with van der Waals surface area (Å²) in [5.41, 5.74) is 0.940. The fourth-order valence-electron chi connectivity index (χ4n) is 3.63. The molecule has 0 aromatic heterocycles. The zero-order chi connectivity index (χ0) is 12.6. The maximum Gasteiger partial charge on any atom is 0.333 e. The highest BCUT2D eigenvalue weighted by Gasteiger charge is 2.46. The molecule has 18 heavy (non-hydrogen) atoms. The lowest BCUT2D eigenvalue weighted by molar-refractivity contribution is -0.149. The molecule has 3 aliphatic rings. The molecule has 0 unspecified atom stereocenters. The van der Waals surface area contributed by atoms with Crippen LogP contribution in [0, 0.1) is 5.92 Å². The molecule has 2 fully saturated rings. The molecule has 100 valence electrons. The van der Waals surface area contributed by atoms with Crippen LogP contribution in [0.1, 0.15) is 51.9 Å². The molecule has 2 aliphatic heterocycles. The van der Waals surface area contributed by atoms with Gasteiger partial charge in [0, 0.05) is 19.2 Å². The zero-order valence-electron chi connectivity index (χ0n) is 11.3. The topological polar surface area (TPSA) is 29.5 Å². The van der Waals surface area contributed by atoms with Gasteiger partial charge < -0.3 is 9.64 Å². The Bertz CT molecular complexity index is 361. The Morgan fingerprint density at radius 2 is 1.89 bits per heavy atom. The van der Waals surface area contributed by atoms with Crippen molar-refractivity contribution in [3.8, 4) is 0 Å². The van der Waals surface area contributed by atoms with Gasteiger partial charge in [0.05, 0.1) is 5.70 Å². The van der Waals surface area contributed by atoms with Crippen LogP contribution in [0.15, 0.2) is 11.8 Å². The minimum absolute atomic E-state index is 0.120. The number of carbonyl (C=O) groups excluding carboxylic acids is 1. The van der Waals surface area contributed by atoms with Gasteiger partial charge in [0.2, 0.25) is 0 Å². The van der Waals surface area contributed by atoms with E-state index in [1.165, 1.54) is 37.8 Å². The lowest BCUT2D eigenvalue weighted by Gasteiger charge is -2.42. The first-order valence-corrected chi connectivity index (χ1v) is 7.40. The van der Waals surface area contributed by atoms with Gasteiger partial charge in [-0.05, 0) is 44.4 Å². The molecule has 0 atom stereocenters. The van der Waals surface area contributed by atoms with Crippen molar-refractivity contribution in [1.82, 2.24) is 4.90 Å². The Balaban J connectivity index is 1.79. The average Bonchev–Trinajstić information content (AvgIpc) is 2.68. The van der Waals surface area contributed by atoms with E-state index < -0.39 is 0 Å². The van der Waals surface area contributed by atoms with E-state index in [-0.39, 0.29) is 11.6 Å². The van der Waals surface area contributed by atoms with Gasteiger partial charge in [0.1, 0.15) is 0 Å². The van der Waals surface area contributed by atoms with Crippen LogP contribution in [-0.4, -0.2) is 29.6 Å². The summed E-state index contributed by atoms with van der Waals surface area (Å²) in [7, 11) is 0. The summed E-state index contributed by atoms with van der Waals surface area (Å²) in [6.45, 7) is 4.50. The summed E-state index contributed by atoms with van der Waals surface area (Å²) in [5.74, 6) is 0.702. The van der Waals surface area contributed by atoms with Gasteiger partial charge in [0.25, 0.3) is 0 Å². The number of hydrogen-bond donors (Lipinski definition) is 0. The smallest absolute Gasteiger partial charge is 0.333 e. The van der Waals surface area contributed by atoms with Crippen molar-refractivity contribution < 1.29 is 9.53 Å². The second-order valence-electron chi connectivity index (χ2n) is 6.18. The molecule has 1 saturated heterocycles. The first-order chi connectivity index (χ1) is 8.70. The minimum atomic E-state index is -0.254. The molecule has 1 aliphatic carbocycles. The van der Waals surface area contributed by atoms with Crippen LogP contribution in [0.25, 0.3) is 0 Å². The Morgan fingerprint density at radius 3 is 2.56 bits per heavy atom. The van der Waals surface area contributed by atoms with Gasteiger partial charge >= 0.3 is 5.97 Å². The summed E-state index contributed by atoms with van der Waals surface area (Å²) < 4.78 is 5.71. The van der Waals surface area contributed by atoms with Crippen molar-refractivity contribution in [3.05, 3.63) is 11.8 Å². The first-order valence-electron chi connectivity index (χ1n) is 7.40. The number of carbonyl (C=O) groups is 1. The largest absolute Gasteiger partial charge is 0.449 e. The summed E-state index contributed by atoms with van der Waals surface area (Å²) in [5, 5.41) is 0. The van der Waals surface area contributed by atoms with Gasteiger partial charge in [0.15, 0.2) is 5.60 Å². The average molecular weight is 249 g/mol. The maximum absolute atomic E-state index is 11.7. The molecule has 1 saturated carbocycles. The van der Waals surface area contributed by atoms with E-state index in [4.69, 9.17) is 4.74 Å². The van der Waals surface area contributed by atoms with Crippen LogP contribution < -0.4 is 0 Å². The minimum Gasteiger partial charge on any atom is -0.449 e. The van der Waals surface area contributed by atoms with Gasteiger partial charge in [-0.15, -0.1) is 0 Å². The fraction of sp³-hybridized carbons (Fsp3) is 0.800. The number of piperidine rings is 1. The van der Waals surface area contributed by atoms with Gasteiger partial charge in [-0.2, -0.15) is 0 Å². The molecule has 0 N–H and O–H groups in total. The number of nitrogens with zero attached hydrogens (tertiary/aromatic N) is 1. The molecule has 0 amide bonds. The maximum atomic E-state index is 11.7. The van der Waals surface area contributed by atoms with Crippen LogP contribution in [0.3, 0.4) is 0 Å². The van der Waals surface area contributed by atoms with Crippen molar-refractivity contribution in [2.24, 2.45) is 5.92 Å². The van der Waals surface area contributed by atoms with Crippen molar-refractivity contribution in [3.63, 3.8) is 0 Å². The number of hydrogen-bond acceptors (Lipinski definition) is 3. The molecule has 3 rings (SSSR count). The quantitative estimate of drug-likeness (QED) is 0.669. The summed E-state index contributed by atoms with van der Waals surface area (Å²) >= 11 is 0. The van der Waals surface area contributed by atoms with Gasteiger partial charge in [-0.3, -0.25) is 0 Å². The highest BCUT2D eigenvalue weighted by Crippen LogP contribution is 2.43. The molecule has 0 aromatic rings. The molecular weight excluding hydrogens is 226 g/mol. The van der Waals surface area contributed by atoms with Crippen LogP contribution in [-0.2, 0) is 9.53 Å². The molecule has 0 bridgehead atoms. The number of likely N-dealkylation sites (tertiary alicyclic amines) is 1. The van der Waals surface area contributed by atoms with E-state index in [1.54, 1.807) is 6.08 Å². The summed E-state index contributed by atoms with van der Waals surface area (Å²) in [6, 6.07) is 0. The monoisotopic (exact) mass is 249 g/mol. The van der Waals surface area contributed by atoms with Crippen LogP contribution in [0.4, 0.5) is 0 Å². The van der Waals surface area contributed by atoms with E-state index in [2.05, 4.69) is 11.8 Å². The van der Waals surface area contributed by atoms with E-state index in [0.717, 1.165) is 31.8 Å². The van der Waals surface area contributed by atoms with Crippen molar-refractivity contribution >= 4 is 5.97 Å². The Labute approximate surface area is 109 Å². The van der Waals surface area contributed by atoms with Crippen LogP contribution in [0.2, 0.25) is 0 Å². The predicted molar refractivity (Wildman–Crippen MR) is 70.0 cm³/mol. The van der Waals surface area contributed by atoms with Crippen LogP contribution >= 0.6 is 0 Å². The third kappa shape index (κ3) is 2.04. The lowest BCUT2D eigenvalue weighted by atomic mass is 9.81. The zero-order valence-corrected chi connectivity index (χ0v) is 11.3. The Hall–Kier alpha value is -0.990. The van der Waals surface area contributed by atoms with Crippen LogP contribution in [0.5, 0.6) is 0 Å². The predicted octanol–water partition coefficient (Wildman–Crippen LogP) is 2.86. The molecule has 1 spiro atoms. The normalized spacial score (nSPS) is 28.4. The molecular formula is C15H23NO2. The van der Waals surface area contributed by atoms with Crippen molar-refractivity contribution in [1.29, 1.82) is 0 Å². The Kier molecular flexibility index (Phi) is 3.08. The first kappa shape index (κ1) is 12.1. The van der Waals surface area contributed by atoms with E-state index >= 15 is 0 Å². The second-order valence-corrected chi connectivity index (χ2v) is 6.18. The summed E-state index contributed by atoms with van der Waals surface area (Å²) in [6.07, 6.45) is 9.95. The lowest BCUT2D eigenvalue weighted by Crippen LogP contribution is -2.44. The third-order valence-electron chi connectivity index (χ3n) is 4.80. The number of esters is 1. The third-order valence-corrected chi connectivity index (χ3v) is 4.80. The highest BCUT2D eigenvalue weighted by atomic mass is 16.6. The number of rotatable bonds is 1. The molecule has 3 nitrogen and oxygen atoms in total. The molecule has 0 radical (unpaired) electrons. The number of ether oxygens (including phenoxy) is 1. The summed E-state index contributed by atoms with van der Waals surface area (Å²) in [4.78, 5) is 14.1. The van der Waals surface area contributed by atoms with E-state index in [0.29, 0.717) is 0 Å². The fourth-order valence-corrected chi connectivity index (χ4v) is 3.63. The highest BCUT2D eigenvalue weighted by molar-refractivity contribution is 5.86. The molecule has 3 heteroatoms. The molecule has 2 heterocycles. The second kappa shape index (κ2) is 4.60. The van der Waals surface area contributed by atoms with Crippen molar-refractivity contribution in [2.45, 2.75) is 57.5 Å². The van der Waals surface area contributed by atoms with E-state index in [9.17, 15) is 4.79 Å². The standard InChI is InChI=1S/C15H23NO2/c1-12-5-9-16(10-6-12)13-11-14(17)18-15(13)7-3-2-4-8-15/h11-12H,2-10H2,1H3. The SMILES string of the molecule is CC1CCN(C2=CC(=O)OC23CCCCC3)CC1. The van der Waals surface area contributed by atoms with Crippen molar-refractivity contribution in [2.75, 3.05) is 13.1 Å². The van der Waals surface area contributed by atoms with Gasteiger partial charge in [-0.25, -0.2) is 4.79 Å².